The summed E-state index contributed by atoms with van der Waals surface area (Å²) in [5.41, 5.74) is 6.97. The van der Waals surface area contributed by atoms with Gasteiger partial charge in [0.15, 0.2) is 5.69 Å². The third-order valence-electron chi connectivity index (χ3n) is 2.66. The van der Waals surface area contributed by atoms with Gasteiger partial charge in [-0.1, -0.05) is 44.2 Å². The van der Waals surface area contributed by atoms with Crippen LogP contribution in [0.2, 0.25) is 0 Å². The summed E-state index contributed by atoms with van der Waals surface area (Å²) in [5.74, 6) is -0.184. The fraction of sp³-hybridized carbons (Fsp3) is 0.333. The molecule has 21 heavy (non-hydrogen) atoms. The first-order chi connectivity index (χ1) is 9.92. The summed E-state index contributed by atoms with van der Waals surface area (Å²) in [4.78, 5) is 12.0. The van der Waals surface area contributed by atoms with Gasteiger partial charge in [-0.15, -0.1) is 0 Å². The van der Waals surface area contributed by atoms with E-state index in [-0.39, 0.29) is 29.1 Å². The van der Waals surface area contributed by atoms with Gasteiger partial charge in [-0.05, 0) is 25.0 Å². The number of rotatable bonds is 6. The van der Waals surface area contributed by atoms with E-state index in [2.05, 4.69) is 11.7 Å². The summed E-state index contributed by atoms with van der Waals surface area (Å²) in [6.07, 6.45) is 4.80. The number of esters is 1. The molecule has 2 N–H and O–H groups in total. The Morgan fingerprint density at radius 2 is 2.29 bits per heavy atom. The lowest BCUT2D eigenvalue weighted by Crippen LogP contribution is -2.17. The molecule has 0 spiro atoms. The number of nitrogens with zero attached hydrogens (tertiary/aromatic N) is 2. The van der Waals surface area contributed by atoms with E-state index in [1.54, 1.807) is 31.2 Å². The Morgan fingerprint density at radius 3 is 2.81 bits per heavy atom. The predicted octanol–water partition coefficient (Wildman–Crippen LogP) is 3.25. The molecule has 0 aromatic carbocycles. The van der Waals surface area contributed by atoms with Crippen LogP contribution < -0.4 is 5.73 Å². The number of ether oxygens (including phenoxy) is 1. The number of halogens is 1. The molecule has 1 aromatic heterocycles. The highest BCUT2D eigenvalue weighted by molar-refractivity contribution is 6.33. The first-order valence-corrected chi connectivity index (χ1v) is 7.01. The monoisotopic (exact) mass is 309 g/mol. The minimum absolute atomic E-state index is 0.148. The van der Waals surface area contributed by atoms with Gasteiger partial charge in [0.25, 0.3) is 0 Å². The number of aromatic nitrogens is 2. The molecule has 0 aliphatic rings. The van der Waals surface area contributed by atoms with Gasteiger partial charge in [0.2, 0.25) is 0 Å². The van der Waals surface area contributed by atoms with Crippen molar-refractivity contribution in [1.29, 1.82) is 0 Å². The average molecular weight is 310 g/mol. The van der Waals surface area contributed by atoms with Crippen molar-refractivity contribution in [3.05, 3.63) is 47.3 Å². The lowest BCUT2D eigenvalue weighted by molar-refractivity contribution is 0.0516. The van der Waals surface area contributed by atoms with Gasteiger partial charge in [-0.25, -0.2) is 9.48 Å². The molecule has 114 valence electrons. The van der Waals surface area contributed by atoms with Gasteiger partial charge in [0, 0.05) is 0 Å². The fourth-order valence-corrected chi connectivity index (χ4v) is 1.71. The van der Waals surface area contributed by atoms with Crippen LogP contribution in [0.5, 0.6) is 0 Å². The quantitative estimate of drug-likeness (QED) is 0.647. The molecule has 5 nitrogen and oxygen atoms in total. The van der Waals surface area contributed by atoms with Crippen LogP contribution in [-0.4, -0.2) is 22.4 Å². The van der Waals surface area contributed by atoms with Gasteiger partial charge in [-0.2, -0.15) is 5.10 Å². The zero-order chi connectivity index (χ0) is 16.0. The zero-order valence-corrected chi connectivity index (χ0v) is 13.2. The topological polar surface area (TPSA) is 70.1 Å². The van der Waals surface area contributed by atoms with Crippen LogP contribution in [0.3, 0.4) is 0 Å². The van der Waals surface area contributed by atoms with E-state index in [0.29, 0.717) is 0 Å². The maximum atomic E-state index is 12.0. The van der Waals surface area contributed by atoms with Crippen molar-refractivity contribution in [2.24, 2.45) is 5.73 Å². The molecule has 6 heteroatoms. The third-order valence-corrected chi connectivity index (χ3v) is 2.98. The lowest BCUT2D eigenvalue weighted by atomic mass is 10.1. The Morgan fingerprint density at radius 1 is 1.62 bits per heavy atom. The summed E-state index contributed by atoms with van der Waals surface area (Å²) in [7, 11) is 0. The summed E-state index contributed by atoms with van der Waals surface area (Å²) in [6, 6.07) is 1.66. The van der Waals surface area contributed by atoms with E-state index < -0.39 is 5.97 Å². The highest BCUT2D eigenvalue weighted by atomic mass is 35.5. The number of carbonyl (C=O) groups excluding carboxylic acids is 1. The van der Waals surface area contributed by atoms with Gasteiger partial charge in [0.1, 0.15) is 5.82 Å². The molecular weight excluding hydrogens is 290 g/mol. The van der Waals surface area contributed by atoms with Crippen molar-refractivity contribution < 1.29 is 9.53 Å². The molecule has 0 amide bonds. The molecule has 1 rings (SSSR count). The van der Waals surface area contributed by atoms with Crippen LogP contribution in [0.25, 0.3) is 5.82 Å². The second-order valence-electron chi connectivity index (χ2n) is 4.57. The van der Waals surface area contributed by atoms with Gasteiger partial charge in [-0.3, -0.25) is 0 Å². The van der Waals surface area contributed by atoms with Crippen LogP contribution in [-0.2, 0) is 4.74 Å². The largest absolute Gasteiger partial charge is 0.461 e. The SMILES string of the molecule is C=C/C=C\C(Cl)=C(/N)n1nc(C(C)C)cc1C(=O)OCC. The van der Waals surface area contributed by atoms with Crippen LogP contribution in [0.4, 0.5) is 0 Å². The van der Waals surface area contributed by atoms with E-state index in [9.17, 15) is 4.79 Å². The number of nitrogens with two attached hydrogens (primary N) is 1. The number of hydrogen-bond acceptors (Lipinski definition) is 4. The molecule has 0 fully saturated rings. The van der Waals surface area contributed by atoms with E-state index in [0.717, 1.165) is 5.69 Å². The molecule has 0 bridgehead atoms. The molecule has 0 aliphatic heterocycles. The minimum Gasteiger partial charge on any atom is -0.461 e. The molecule has 1 aromatic rings. The molecule has 0 saturated heterocycles. The minimum atomic E-state index is -0.489. The van der Waals surface area contributed by atoms with Crippen molar-refractivity contribution in [1.82, 2.24) is 9.78 Å². The van der Waals surface area contributed by atoms with Gasteiger partial charge < -0.3 is 10.5 Å². The van der Waals surface area contributed by atoms with Crippen molar-refractivity contribution in [2.45, 2.75) is 26.7 Å². The van der Waals surface area contributed by atoms with Gasteiger partial charge >= 0.3 is 5.97 Å². The van der Waals surface area contributed by atoms with Crippen LogP contribution in [0, 0.1) is 0 Å². The third kappa shape index (κ3) is 4.23. The number of carbonyl (C=O) groups is 1. The van der Waals surface area contributed by atoms with Gasteiger partial charge in [0.05, 0.1) is 17.3 Å². The predicted molar refractivity (Wildman–Crippen MR) is 84.9 cm³/mol. The summed E-state index contributed by atoms with van der Waals surface area (Å²) < 4.78 is 6.33. The second-order valence-corrected chi connectivity index (χ2v) is 4.98. The van der Waals surface area contributed by atoms with Crippen molar-refractivity contribution in [2.75, 3.05) is 6.61 Å². The smallest absolute Gasteiger partial charge is 0.357 e. The maximum Gasteiger partial charge on any atom is 0.357 e. The van der Waals surface area contributed by atoms with E-state index in [1.807, 2.05) is 13.8 Å². The molecule has 0 unspecified atom stereocenters. The van der Waals surface area contributed by atoms with E-state index >= 15 is 0 Å². The summed E-state index contributed by atoms with van der Waals surface area (Å²) >= 11 is 6.09. The van der Waals surface area contributed by atoms with Crippen LogP contribution >= 0.6 is 11.6 Å². The Kier molecular flexibility index (Phi) is 6.24. The standard InChI is InChI=1S/C15H20ClN3O2/c1-5-7-8-11(16)14(17)19-13(15(20)21-6-2)9-12(18-19)10(3)4/h5,7-10H,1,6,17H2,2-4H3/b8-7-,14-11-. The van der Waals surface area contributed by atoms with Crippen LogP contribution in [0.15, 0.2) is 35.9 Å². The average Bonchev–Trinajstić information content (AvgIpc) is 2.89. The molecule has 1 heterocycles. The second kappa shape index (κ2) is 7.69. The first kappa shape index (κ1) is 17.0. The molecule has 0 saturated carbocycles. The van der Waals surface area contributed by atoms with E-state index in [1.165, 1.54) is 4.68 Å². The number of allylic oxidation sites excluding steroid dienone is 4. The number of hydrogen-bond donors (Lipinski definition) is 1. The lowest BCUT2D eigenvalue weighted by Gasteiger charge is -2.07. The Balaban J connectivity index is 3.35. The van der Waals surface area contributed by atoms with Crippen molar-refractivity contribution >= 4 is 23.4 Å². The highest BCUT2D eigenvalue weighted by Gasteiger charge is 2.20. The Hall–Kier alpha value is -2.01. The highest BCUT2D eigenvalue weighted by Crippen LogP contribution is 2.20. The van der Waals surface area contributed by atoms with Crippen molar-refractivity contribution in [3.63, 3.8) is 0 Å². The maximum absolute atomic E-state index is 12.0. The zero-order valence-electron chi connectivity index (χ0n) is 12.5. The molecule has 0 radical (unpaired) electrons. The molecule has 0 aliphatic carbocycles. The van der Waals surface area contributed by atoms with E-state index in [4.69, 9.17) is 22.1 Å². The first-order valence-electron chi connectivity index (χ1n) is 6.64. The molecular formula is C15H20ClN3O2. The van der Waals surface area contributed by atoms with Crippen LogP contribution in [0.1, 0.15) is 42.9 Å². The Labute approximate surface area is 129 Å². The molecule has 0 atom stereocenters. The fourth-order valence-electron chi connectivity index (χ4n) is 1.55. The normalized spacial score (nSPS) is 12.6. The summed E-state index contributed by atoms with van der Waals surface area (Å²) in [5, 5.41) is 4.59. The summed E-state index contributed by atoms with van der Waals surface area (Å²) in [6.45, 7) is 9.51. The Bertz CT molecular complexity index is 586. The van der Waals surface area contributed by atoms with Crippen molar-refractivity contribution in [3.8, 4) is 0 Å².